The average molecular weight is 270 g/mol. The van der Waals surface area contributed by atoms with E-state index in [1.165, 1.54) is 0 Å². The molecular weight excluding hydrogens is 244 g/mol. The van der Waals surface area contributed by atoms with E-state index in [0.29, 0.717) is 26.3 Å². The second-order valence-corrected chi connectivity index (χ2v) is 5.00. The van der Waals surface area contributed by atoms with Gasteiger partial charge in [-0.3, -0.25) is 4.79 Å². The number of amides is 1. The largest absolute Gasteiger partial charge is 0.384 e. The summed E-state index contributed by atoms with van der Waals surface area (Å²) in [6.45, 7) is 7.63. The highest BCUT2D eigenvalue weighted by Crippen LogP contribution is 2.31. The van der Waals surface area contributed by atoms with E-state index in [9.17, 15) is 4.79 Å². The second-order valence-electron chi connectivity index (χ2n) is 5.00. The lowest BCUT2D eigenvalue weighted by atomic mass is 9.78. The summed E-state index contributed by atoms with van der Waals surface area (Å²) in [5, 5.41) is 3.30. The topological polar surface area (TPSA) is 50.8 Å². The third-order valence-electron chi connectivity index (χ3n) is 3.64. The van der Waals surface area contributed by atoms with E-state index < -0.39 is 5.41 Å². The minimum absolute atomic E-state index is 0.160. The van der Waals surface area contributed by atoms with Gasteiger partial charge in [0.15, 0.2) is 0 Å². The summed E-state index contributed by atoms with van der Waals surface area (Å²) in [6.07, 6.45) is 3.40. The quantitative estimate of drug-likeness (QED) is 0.659. The molecular formula is C14H26N2O3. The molecule has 0 aromatic rings. The highest BCUT2D eigenvalue weighted by atomic mass is 16.5. The highest BCUT2D eigenvalue weighted by molar-refractivity contribution is 5.83. The summed E-state index contributed by atoms with van der Waals surface area (Å²) in [5.41, 5.74) is -0.392. The van der Waals surface area contributed by atoms with Crippen molar-refractivity contribution in [2.75, 3.05) is 53.6 Å². The van der Waals surface area contributed by atoms with Crippen LogP contribution in [0.15, 0.2) is 12.7 Å². The molecule has 0 aliphatic carbocycles. The number of carbonyl (C=O) groups is 1. The van der Waals surface area contributed by atoms with Crippen LogP contribution in [0.4, 0.5) is 0 Å². The summed E-state index contributed by atoms with van der Waals surface area (Å²) >= 11 is 0. The number of carbonyl (C=O) groups excluding carboxylic acids is 1. The van der Waals surface area contributed by atoms with Gasteiger partial charge >= 0.3 is 0 Å². The summed E-state index contributed by atoms with van der Waals surface area (Å²) in [5.74, 6) is 0.160. The predicted octanol–water partition coefficient (Wildman–Crippen LogP) is 0.664. The summed E-state index contributed by atoms with van der Waals surface area (Å²) in [4.78, 5) is 14.6. The minimum atomic E-state index is -0.392. The van der Waals surface area contributed by atoms with Crippen LogP contribution in [0.25, 0.3) is 0 Å². The van der Waals surface area contributed by atoms with Gasteiger partial charge in [0.25, 0.3) is 0 Å². The fourth-order valence-electron chi connectivity index (χ4n) is 2.57. The number of nitrogens with zero attached hydrogens (tertiary/aromatic N) is 1. The highest BCUT2D eigenvalue weighted by Gasteiger charge is 2.41. The first-order valence-electron chi connectivity index (χ1n) is 6.79. The molecule has 1 aliphatic rings. The average Bonchev–Trinajstić information content (AvgIpc) is 2.44. The van der Waals surface area contributed by atoms with Crippen molar-refractivity contribution >= 4 is 5.91 Å². The summed E-state index contributed by atoms with van der Waals surface area (Å²) < 4.78 is 10.4. The second kappa shape index (κ2) is 8.30. The zero-order valence-corrected chi connectivity index (χ0v) is 12.1. The van der Waals surface area contributed by atoms with Crippen molar-refractivity contribution in [1.29, 1.82) is 0 Å². The number of hydrogen-bond donors (Lipinski definition) is 1. The number of ether oxygens (including phenoxy) is 2. The van der Waals surface area contributed by atoms with Crippen molar-refractivity contribution < 1.29 is 14.3 Å². The van der Waals surface area contributed by atoms with Crippen molar-refractivity contribution in [3.05, 3.63) is 12.7 Å². The van der Waals surface area contributed by atoms with Gasteiger partial charge < -0.3 is 19.7 Å². The van der Waals surface area contributed by atoms with Crippen molar-refractivity contribution in [3.63, 3.8) is 0 Å². The van der Waals surface area contributed by atoms with Crippen molar-refractivity contribution in [3.8, 4) is 0 Å². The Balaban J connectivity index is 2.78. The number of rotatable bonds is 8. The smallest absolute Gasteiger partial charge is 0.231 e. The fourth-order valence-corrected chi connectivity index (χ4v) is 2.57. The maximum Gasteiger partial charge on any atom is 0.231 e. The van der Waals surface area contributed by atoms with Gasteiger partial charge in [-0.05, 0) is 25.9 Å². The van der Waals surface area contributed by atoms with Crippen LogP contribution in [-0.2, 0) is 14.3 Å². The lowest BCUT2D eigenvalue weighted by Gasteiger charge is -2.39. The van der Waals surface area contributed by atoms with Crippen molar-refractivity contribution in [1.82, 2.24) is 10.2 Å². The third kappa shape index (κ3) is 4.30. The van der Waals surface area contributed by atoms with Crippen LogP contribution < -0.4 is 5.32 Å². The molecule has 5 nitrogen and oxygen atoms in total. The van der Waals surface area contributed by atoms with Crippen LogP contribution >= 0.6 is 0 Å². The van der Waals surface area contributed by atoms with Gasteiger partial charge in [0.1, 0.15) is 0 Å². The van der Waals surface area contributed by atoms with Gasteiger partial charge in [-0.25, -0.2) is 0 Å². The van der Waals surface area contributed by atoms with Crippen LogP contribution in [0.3, 0.4) is 0 Å². The van der Waals surface area contributed by atoms with Crippen LogP contribution in [0.1, 0.15) is 12.8 Å². The van der Waals surface area contributed by atoms with E-state index in [1.54, 1.807) is 20.3 Å². The standard InChI is InChI=1S/C14H26N2O3/c1-4-9-16(10-11-18-2)13(17)14(12-19-3)5-7-15-8-6-14/h4,15H,1,5-12H2,2-3H3. The normalized spacial score (nSPS) is 18.0. The molecule has 0 aromatic carbocycles. The molecule has 1 heterocycles. The fraction of sp³-hybridized carbons (Fsp3) is 0.786. The molecule has 1 saturated heterocycles. The van der Waals surface area contributed by atoms with Gasteiger partial charge in [0.05, 0.1) is 18.6 Å². The van der Waals surface area contributed by atoms with Crippen LogP contribution in [0.2, 0.25) is 0 Å². The Morgan fingerprint density at radius 1 is 1.37 bits per heavy atom. The summed E-state index contributed by atoms with van der Waals surface area (Å²) in [6, 6.07) is 0. The zero-order valence-electron chi connectivity index (χ0n) is 12.1. The lowest BCUT2D eigenvalue weighted by molar-refractivity contribution is -0.147. The molecule has 0 radical (unpaired) electrons. The molecule has 5 heteroatoms. The van der Waals surface area contributed by atoms with E-state index in [-0.39, 0.29) is 5.91 Å². The van der Waals surface area contributed by atoms with Gasteiger partial charge in [0.2, 0.25) is 5.91 Å². The van der Waals surface area contributed by atoms with E-state index >= 15 is 0 Å². The Hall–Kier alpha value is -0.910. The SMILES string of the molecule is C=CCN(CCOC)C(=O)C1(COC)CCNCC1. The Morgan fingerprint density at radius 3 is 2.58 bits per heavy atom. The molecule has 1 amide bonds. The lowest BCUT2D eigenvalue weighted by Crippen LogP contribution is -2.52. The van der Waals surface area contributed by atoms with Crippen LogP contribution in [-0.4, -0.2) is 64.4 Å². The molecule has 1 fully saturated rings. The number of nitrogens with one attached hydrogen (secondary N) is 1. The summed E-state index contributed by atoms with van der Waals surface area (Å²) in [7, 11) is 3.30. The first kappa shape index (κ1) is 16.1. The minimum Gasteiger partial charge on any atom is -0.384 e. The molecule has 0 spiro atoms. The molecule has 1 N–H and O–H groups in total. The maximum atomic E-state index is 12.8. The van der Waals surface area contributed by atoms with E-state index in [2.05, 4.69) is 11.9 Å². The van der Waals surface area contributed by atoms with Gasteiger partial charge in [-0.15, -0.1) is 6.58 Å². The van der Waals surface area contributed by atoms with E-state index in [1.807, 2.05) is 4.90 Å². The Labute approximate surface area is 115 Å². The number of hydrogen-bond acceptors (Lipinski definition) is 4. The molecule has 110 valence electrons. The Morgan fingerprint density at radius 2 is 2.05 bits per heavy atom. The Bertz CT molecular complexity index is 283. The van der Waals surface area contributed by atoms with Gasteiger partial charge in [0, 0.05) is 27.3 Å². The molecule has 1 rings (SSSR count). The predicted molar refractivity (Wildman–Crippen MR) is 75.1 cm³/mol. The first-order valence-corrected chi connectivity index (χ1v) is 6.79. The number of piperidine rings is 1. The first-order chi connectivity index (χ1) is 9.20. The molecule has 0 atom stereocenters. The molecule has 0 bridgehead atoms. The van der Waals surface area contributed by atoms with Crippen molar-refractivity contribution in [2.24, 2.45) is 5.41 Å². The Kier molecular flexibility index (Phi) is 7.05. The molecule has 1 aliphatic heterocycles. The van der Waals surface area contributed by atoms with E-state index in [0.717, 1.165) is 25.9 Å². The molecule has 0 aromatic heterocycles. The third-order valence-corrected chi connectivity index (χ3v) is 3.64. The molecule has 19 heavy (non-hydrogen) atoms. The monoisotopic (exact) mass is 270 g/mol. The van der Waals surface area contributed by atoms with Gasteiger partial charge in [-0.1, -0.05) is 6.08 Å². The van der Waals surface area contributed by atoms with Crippen LogP contribution in [0.5, 0.6) is 0 Å². The molecule has 0 saturated carbocycles. The van der Waals surface area contributed by atoms with Crippen LogP contribution in [0, 0.1) is 5.41 Å². The zero-order chi connectivity index (χ0) is 14.1. The number of methoxy groups -OCH3 is 2. The van der Waals surface area contributed by atoms with Gasteiger partial charge in [-0.2, -0.15) is 0 Å². The van der Waals surface area contributed by atoms with E-state index in [4.69, 9.17) is 9.47 Å². The van der Waals surface area contributed by atoms with Crippen molar-refractivity contribution in [2.45, 2.75) is 12.8 Å². The maximum absolute atomic E-state index is 12.8. The molecule has 0 unspecified atom stereocenters.